The normalized spacial score (nSPS) is 26.1. The summed E-state index contributed by atoms with van der Waals surface area (Å²) in [6.45, 7) is 7.62. The summed E-state index contributed by atoms with van der Waals surface area (Å²) in [6.07, 6.45) is 3.42. The molecule has 0 aliphatic carbocycles. The molecule has 1 aromatic rings. The van der Waals surface area contributed by atoms with Crippen LogP contribution in [0.1, 0.15) is 32.4 Å². The molecule has 5 nitrogen and oxygen atoms in total. The third-order valence-electron chi connectivity index (χ3n) is 3.65. The van der Waals surface area contributed by atoms with E-state index in [9.17, 15) is 5.11 Å². The topological polar surface area (TPSA) is 71.6 Å². The minimum Gasteiger partial charge on any atom is -0.394 e. The highest BCUT2D eigenvalue weighted by Crippen LogP contribution is 2.30. The van der Waals surface area contributed by atoms with Gasteiger partial charge in [-0.3, -0.25) is 9.88 Å². The van der Waals surface area contributed by atoms with Crippen molar-refractivity contribution in [2.75, 3.05) is 19.7 Å². The highest BCUT2D eigenvalue weighted by Gasteiger charge is 2.37. The number of aromatic nitrogens is 1. The maximum atomic E-state index is 9.44. The van der Waals surface area contributed by atoms with Crippen LogP contribution < -0.4 is 5.73 Å². The van der Waals surface area contributed by atoms with Crippen LogP contribution in [-0.2, 0) is 4.74 Å². The molecule has 0 radical (unpaired) electrons. The molecule has 2 rings (SSSR count). The van der Waals surface area contributed by atoms with Crippen molar-refractivity contribution in [1.29, 1.82) is 0 Å². The highest BCUT2D eigenvalue weighted by molar-refractivity contribution is 5.17. The van der Waals surface area contributed by atoms with Crippen molar-refractivity contribution in [2.45, 2.75) is 44.6 Å². The van der Waals surface area contributed by atoms with Gasteiger partial charge in [-0.25, -0.2) is 0 Å². The molecule has 3 unspecified atom stereocenters. The van der Waals surface area contributed by atoms with Crippen molar-refractivity contribution >= 4 is 0 Å². The second-order valence-electron chi connectivity index (χ2n) is 6.20. The van der Waals surface area contributed by atoms with Gasteiger partial charge in [-0.05, 0) is 38.5 Å². The van der Waals surface area contributed by atoms with Crippen molar-refractivity contribution < 1.29 is 9.84 Å². The number of nitrogens with two attached hydrogens (primary N) is 1. The molecular formula is C15H25N3O2. The number of morpholine rings is 1. The number of ether oxygens (including phenoxy) is 1. The number of aliphatic hydroxyl groups is 1. The zero-order valence-corrected chi connectivity index (χ0v) is 12.5. The van der Waals surface area contributed by atoms with Crippen LogP contribution in [0.5, 0.6) is 0 Å². The average Bonchev–Trinajstić information content (AvgIpc) is 2.38. The maximum absolute atomic E-state index is 9.44. The smallest absolute Gasteiger partial charge is 0.0940 e. The minimum absolute atomic E-state index is 0.00866. The van der Waals surface area contributed by atoms with Crippen LogP contribution in [0.2, 0.25) is 0 Å². The fraction of sp³-hybridized carbons (Fsp3) is 0.667. The molecule has 0 bridgehead atoms. The quantitative estimate of drug-likeness (QED) is 0.858. The molecule has 3 atom stereocenters. The van der Waals surface area contributed by atoms with Gasteiger partial charge in [-0.2, -0.15) is 0 Å². The van der Waals surface area contributed by atoms with Gasteiger partial charge in [0.1, 0.15) is 0 Å². The Morgan fingerprint density at radius 3 is 2.70 bits per heavy atom. The first-order valence-electron chi connectivity index (χ1n) is 7.11. The van der Waals surface area contributed by atoms with Crippen LogP contribution in [0, 0.1) is 0 Å². The highest BCUT2D eigenvalue weighted by atomic mass is 16.5. The summed E-state index contributed by atoms with van der Waals surface area (Å²) >= 11 is 0. The number of nitrogens with zero attached hydrogens (tertiary/aromatic N) is 2. The largest absolute Gasteiger partial charge is 0.394 e. The molecule has 1 saturated heterocycles. The third kappa shape index (κ3) is 3.55. The van der Waals surface area contributed by atoms with Crippen molar-refractivity contribution in [3.8, 4) is 0 Å². The van der Waals surface area contributed by atoms with Crippen LogP contribution in [-0.4, -0.2) is 52.4 Å². The van der Waals surface area contributed by atoms with Crippen LogP contribution >= 0.6 is 0 Å². The van der Waals surface area contributed by atoms with Gasteiger partial charge in [0.2, 0.25) is 0 Å². The molecular weight excluding hydrogens is 254 g/mol. The molecule has 0 amide bonds. The molecule has 1 aliphatic heterocycles. The van der Waals surface area contributed by atoms with E-state index in [2.05, 4.69) is 9.88 Å². The molecule has 1 aromatic heterocycles. The van der Waals surface area contributed by atoms with E-state index >= 15 is 0 Å². The van der Waals surface area contributed by atoms with Crippen molar-refractivity contribution in [2.24, 2.45) is 5.73 Å². The fourth-order valence-corrected chi connectivity index (χ4v) is 3.06. The zero-order valence-electron chi connectivity index (χ0n) is 12.5. The molecule has 20 heavy (non-hydrogen) atoms. The van der Waals surface area contributed by atoms with Crippen LogP contribution in [0.15, 0.2) is 24.5 Å². The Kier molecular flexibility index (Phi) is 4.75. The Balaban J connectivity index is 2.25. The molecule has 2 heterocycles. The van der Waals surface area contributed by atoms with E-state index < -0.39 is 0 Å². The standard InChI is InChI=1S/C15H25N3O2/c1-11(16)14(12-4-6-17-7-5-12)18-8-13(9-19)20-15(2,3)10-18/h4-7,11,13-14,19H,8-10,16H2,1-3H3. The Morgan fingerprint density at radius 1 is 1.50 bits per heavy atom. The van der Waals surface area contributed by atoms with Gasteiger partial charge in [0.15, 0.2) is 0 Å². The van der Waals surface area contributed by atoms with Crippen LogP contribution in [0.3, 0.4) is 0 Å². The Labute approximate surface area is 120 Å². The van der Waals surface area contributed by atoms with Gasteiger partial charge in [-0.15, -0.1) is 0 Å². The van der Waals surface area contributed by atoms with Gasteiger partial charge in [0, 0.05) is 37.6 Å². The van der Waals surface area contributed by atoms with E-state index in [1.807, 2.05) is 32.9 Å². The maximum Gasteiger partial charge on any atom is 0.0940 e. The van der Waals surface area contributed by atoms with E-state index in [1.165, 1.54) is 0 Å². The average molecular weight is 279 g/mol. The monoisotopic (exact) mass is 279 g/mol. The Morgan fingerprint density at radius 2 is 2.15 bits per heavy atom. The molecule has 3 N–H and O–H groups in total. The summed E-state index contributed by atoms with van der Waals surface area (Å²) in [6, 6.07) is 4.11. The minimum atomic E-state index is -0.286. The Hall–Kier alpha value is -1.01. The lowest BCUT2D eigenvalue weighted by Crippen LogP contribution is -2.56. The summed E-state index contributed by atoms with van der Waals surface area (Å²) < 4.78 is 5.87. The number of rotatable bonds is 4. The number of aliphatic hydroxyl groups excluding tert-OH is 1. The number of hydrogen-bond donors (Lipinski definition) is 2. The van der Waals surface area contributed by atoms with Crippen LogP contribution in [0.4, 0.5) is 0 Å². The van der Waals surface area contributed by atoms with Gasteiger partial charge in [-0.1, -0.05) is 0 Å². The van der Waals surface area contributed by atoms with Gasteiger partial charge in [0.25, 0.3) is 0 Å². The lowest BCUT2D eigenvalue weighted by molar-refractivity contribution is -0.158. The molecule has 112 valence electrons. The number of pyridine rings is 1. The fourth-order valence-electron chi connectivity index (χ4n) is 3.06. The van der Waals surface area contributed by atoms with E-state index in [4.69, 9.17) is 10.5 Å². The van der Waals surface area contributed by atoms with E-state index in [0.717, 1.165) is 12.1 Å². The molecule has 1 fully saturated rings. The first-order valence-corrected chi connectivity index (χ1v) is 7.11. The summed E-state index contributed by atoms with van der Waals surface area (Å²) in [5.74, 6) is 0. The SMILES string of the molecule is CC(N)C(c1ccncc1)N1CC(CO)OC(C)(C)C1. The van der Waals surface area contributed by atoms with E-state index in [0.29, 0.717) is 6.54 Å². The van der Waals surface area contributed by atoms with Crippen LogP contribution in [0.25, 0.3) is 0 Å². The summed E-state index contributed by atoms with van der Waals surface area (Å²) in [7, 11) is 0. The number of hydrogen-bond acceptors (Lipinski definition) is 5. The third-order valence-corrected chi connectivity index (χ3v) is 3.65. The molecule has 0 aromatic carbocycles. The molecule has 0 saturated carbocycles. The summed E-state index contributed by atoms with van der Waals surface area (Å²) in [4.78, 5) is 6.38. The van der Waals surface area contributed by atoms with Gasteiger partial charge >= 0.3 is 0 Å². The molecule has 1 aliphatic rings. The van der Waals surface area contributed by atoms with Gasteiger partial charge in [0.05, 0.1) is 18.3 Å². The van der Waals surface area contributed by atoms with Crippen molar-refractivity contribution in [3.05, 3.63) is 30.1 Å². The molecule has 5 heteroatoms. The van der Waals surface area contributed by atoms with Gasteiger partial charge < -0.3 is 15.6 Å². The zero-order chi connectivity index (χ0) is 14.8. The van der Waals surface area contributed by atoms with Crippen molar-refractivity contribution in [1.82, 2.24) is 9.88 Å². The van der Waals surface area contributed by atoms with E-state index in [-0.39, 0.29) is 30.4 Å². The lowest BCUT2D eigenvalue weighted by atomic mass is 9.96. The first-order chi connectivity index (χ1) is 9.43. The predicted octanol–water partition coefficient (Wildman–Crippen LogP) is 0.942. The lowest BCUT2D eigenvalue weighted by Gasteiger charge is -2.46. The predicted molar refractivity (Wildman–Crippen MR) is 78.2 cm³/mol. The van der Waals surface area contributed by atoms with Crippen molar-refractivity contribution in [3.63, 3.8) is 0 Å². The summed E-state index contributed by atoms with van der Waals surface area (Å²) in [5.41, 5.74) is 7.08. The molecule has 0 spiro atoms. The Bertz CT molecular complexity index is 422. The van der Waals surface area contributed by atoms with E-state index in [1.54, 1.807) is 12.4 Å². The second-order valence-corrected chi connectivity index (χ2v) is 6.20. The summed E-state index contributed by atoms with van der Waals surface area (Å²) in [5, 5.41) is 9.44. The first kappa shape index (κ1) is 15.4. The second kappa shape index (κ2) is 6.18.